The van der Waals surface area contributed by atoms with Gasteiger partial charge in [-0.25, -0.2) is 0 Å². The number of aromatic amines is 1. The number of hydrogen-bond donors (Lipinski definition) is 3. The van der Waals surface area contributed by atoms with Gasteiger partial charge in [0.15, 0.2) is 0 Å². The minimum Gasteiger partial charge on any atom is -0.507 e. The van der Waals surface area contributed by atoms with E-state index in [1.807, 2.05) is 0 Å². The minimum atomic E-state index is -4.85. The van der Waals surface area contributed by atoms with E-state index in [1.165, 1.54) is 36.5 Å². The molecule has 0 bridgehead atoms. The van der Waals surface area contributed by atoms with E-state index in [0.29, 0.717) is 16.6 Å². The number of phenols is 1. The third kappa shape index (κ3) is 3.37. The molecule has 25 heavy (non-hydrogen) atoms. The molecule has 1 heterocycles. The number of para-hydroxylation sites is 1. The third-order valence-corrected chi connectivity index (χ3v) is 3.64. The molecule has 3 rings (SSSR count). The van der Waals surface area contributed by atoms with E-state index in [-0.39, 0.29) is 23.1 Å². The molecule has 0 spiro atoms. The van der Waals surface area contributed by atoms with E-state index in [4.69, 9.17) is 5.11 Å². The highest BCUT2D eigenvalue weighted by molar-refractivity contribution is 6.01. The maximum Gasteiger partial charge on any atom is 0.573 e. The Labute approximate surface area is 139 Å². The molecule has 5 nitrogen and oxygen atoms in total. The number of H-pyrrole nitrogens is 1. The molecular weight excluding hydrogens is 339 g/mol. The summed E-state index contributed by atoms with van der Waals surface area (Å²) in [5, 5.41) is 19.3. The number of nitrogens with one attached hydrogen (secondary N) is 1. The van der Waals surface area contributed by atoms with Crippen LogP contribution in [0.1, 0.15) is 5.56 Å². The fraction of sp³-hybridized carbons (Fsp3) is 0.118. The summed E-state index contributed by atoms with van der Waals surface area (Å²) >= 11 is 0. The SMILES string of the molecule is O=C(O)Cc1c[nH]c2c(-c3ccccc3OC(F)(F)F)ccc(O)c12. The van der Waals surface area contributed by atoms with E-state index in [2.05, 4.69) is 9.72 Å². The van der Waals surface area contributed by atoms with Gasteiger partial charge in [-0.15, -0.1) is 13.2 Å². The highest BCUT2D eigenvalue weighted by Crippen LogP contribution is 2.40. The van der Waals surface area contributed by atoms with Crippen LogP contribution in [0.3, 0.4) is 0 Å². The first-order valence-corrected chi connectivity index (χ1v) is 7.15. The molecule has 130 valence electrons. The number of carboxylic acid groups (broad SMARTS) is 1. The van der Waals surface area contributed by atoms with Crippen LogP contribution in [-0.2, 0) is 11.2 Å². The molecule has 8 heteroatoms. The second-order valence-corrected chi connectivity index (χ2v) is 5.31. The summed E-state index contributed by atoms with van der Waals surface area (Å²) in [7, 11) is 0. The van der Waals surface area contributed by atoms with Crippen LogP contribution in [0.5, 0.6) is 11.5 Å². The Kier molecular flexibility index (Phi) is 4.03. The van der Waals surface area contributed by atoms with Crippen molar-refractivity contribution in [2.24, 2.45) is 0 Å². The average molecular weight is 351 g/mol. The van der Waals surface area contributed by atoms with Crippen LogP contribution < -0.4 is 4.74 Å². The number of aliphatic carboxylic acids is 1. The lowest BCUT2D eigenvalue weighted by atomic mass is 9.99. The van der Waals surface area contributed by atoms with Gasteiger partial charge in [-0.05, 0) is 23.8 Å². The highest BCUT2D eigenvalue weighted by atomic mass is 19.4. The smallest absolute Gasteiger partial charge is 0.507 e. The molecule has 3 aromatic rings. The topological polar surface area (TPSA) is 82.5 Å². The Morgan fingerprint density at radius 2 is 1.84 bits per heavy atom. The van der Waals surface area contributed by atoms with Crippen LogP contribution in [0.2, 0.25) is 0 Å². The lowest BCUT2D eigenvalue weighted by molar-refractivity contribution is -0.274. The summed E-state index contributed by atoms with van der Waals surface area (Å²) in [6.45, 7) is 0. The van der Waals surface area contributed by atoms with E-state index in [0.717, 1.165) is 0 Å². The number of carbonyl (C=O) groups is 1. The van der Waals surface area contributed by atoms with Gasteiger partial charge in [0.1, 0.15) is 11.5 Å². The summed E-state index contributed by atoms with van der Waals surface area (Å²) < 4.78 is 41.9. The van der Waals surface area contributed by atoms with Crippen molar-refractivity contribution in [2.75, 3.05) is 0 Å². The summed E-state index contributed by atoms with van der Waals surface area (Å²) in [5.41, 5.74) is 1.17. The van der Waals surface area contributed by atoms with Gasteiger partial charge in [-0.2, -0.15) is 0 Å². The van der Waals surface area contributed by atoms with Gasteiger partial charge >= 0.3 is 12.3 Å². The predicted octanol–water partition coefficient (Wildman–Crippen LogP) is 4.07. The average Bonchev–Trinajstić information content (AvgIpc) is 2.91. The molecule has 0 aliphatic rings. The number of phenolic OH excluding ortho intramolecular Hbond substituents is 1. The minimum absolute atomic E-state index is 0.161. The molecule has 1 aromatic heterocycles. The fourth-order valence-electron chi connectivity index (χ4n) is 2.73. The molecule has 0 atom stereocenters. The molecule has 0 aliphatic heterocycles. The van der Waals surface area contributed by atoms with E-state index in [9.17, 15) is 23.1 Å². The normalized spacial score (nSPS) is 11.6. The molecule has 2 aromatic carbocycles. The quantitative estimate of drug-likeness (QED) is 0.662. The highest BCUT2D eigenvalue weighted by Gasteiger charge is 2.32. The van der Waals surface area contributed by atoms with Gasteiger partial charge in [0.05, 0.1) is 11.9 Å². The van der Waals surface area contributed by atoms with Crippen molar-refractivity contribution in [3.05, 3.63) is 48.2 Å². The molecule has 3 N–H and O–H groups in total. The second-order valence-electron chi connectivity index (χ2n) is 5.31. The second kappa shape index (κ2) is 6.04. The number of alkyl halides is 3. The number of aromatic nitrogens is 1. The van der Waals surface area contributed by atoms with E-state index in [1.54, 1.807) is 6.07 Å². The summed E-state index contributed by atoms with van der Waals surface area (Å²) in [4.78, 5) is 13.8. The molecular formula is C17H12F3NO4. The van der Waals surface area contributed by atoms with Gasteiger partial charge in [0.25, 0.3) is 0 Å². The van der Waals surface area contributed by atoms with Crippen molar-refractivity contribution in [2.45, 2.75) is 12.8 Å². The first-order chi connectivity index (χ1) is 11.8. The van der Waals surface area contributed by atoms with Gasteiger partial charge in [-0.1, -0.05) is 18.2 Å². The molecule has 0 aliphatic carbocycles. The third-order valence-electron chi connectivity index (χ3n) is 3.64. The fourth-order valence-corrected chi connectivity index (χ4v) is 2.73. The number of aromatic hydroxyl groups is 1. The Morgan fingerprint density at radius 3 is 2.52 bits per heavy atom. The zero-order valence-electron chi connectivity index (χ0n) is 12.6. The van der Waals surface area contributed by atoms with Crippen LogP contribution in [-0.4, -0.2) is 27.5 Å². The summed E-state index contributed by atoms with van der Waals surface area (Å²) in [6.07, 6.45) is -3.77. The molecule has 0 saturated heterocycles. The maximum absolute atomic E-state index is 12.6. The molecule has 0 radical (unpaired) electrons. The summed E-state index contributed by atoms with van der Waals surface area (Å²) in [6, 6.07) is 8.34. The van der Waals surface area contributed by atoms with Crippen LogP contribution in [0.25, 0.3) is 22.0 Å². The Balaban J connectivity index is 2.20. The molecule has 0 unspecified atom stereocenters. The lowest BCUT2D eigenvalue weighted by Gasteiger charge is -2.14. The maximum atomic E-state index is 12.6. The number of fused-ring (bicyclic) bond motifs is 1. The first kappa shape index (κ1) is 16.7. The predicted molar refractivity (Wildman–Crippen MR) is 83.4 cm³/mol. The number of carboxylic acids is 1. The van der Waals surface area contributed by atoms with Crippen LogP contribution >= 0.6 is 0 Å². The van der Waals surface area contributed by atoms with E-state index < -0.39 is 18.1 Å². The lowest BCUT2D eigenvalue weighted by Crippen LogP contribution is -2.17. The standard InChI is InChI=1S/C17H12F3NO4/c18-17(19,20)25-13-4-2-1-3-10(13)11-5-6-12(22)15-9(7-14(23)24)8-21-16(11)15/h1-6,8,21-22H,7H2,(H,23,24). The van der Waals surface area contributed by atoms with Crippen molar-refractivity contribution >= 4 is 16.9 Å². The number of hydrogen-bond acceptors (Lipinski definition) is 3. The number of ether oxygens (including phenoxy) is 1. The van der Waals surface area contributed by atoms with Crippen molar-refractivity contribution < 1.29 is 32.9 Å². The zero-order valence-corrected chi connectivity index (χ0v) is 12.6. The van der Waals surface area contributed by atoms with Crippen LogP contribution in [0.4, 0.5) is 13.2 Å². The van der Waals surface area contributed by atoms with Crippen molar-refractivity contribution in [3.8, 4) is 22.6 Å². The number of rotatable bonds is 4. The van der Waals surface area contributed by atoms with Crippen LogP contribution in [0.15, 0.2) is 42.6 Å². The Hall–Kier alpha value is -3.16. The van der Waals surface area contributed by atoms with Gasteiger partial charge in [0, 0.05) is 22.7 Å². The van der Waals surface area contributed by atoms with Gasteiger partial charge in [-0.3, -0.25) is 4.79 Å². The zero-order chi connectivity index (χ0) is 18.2. The summed E-state index contributed by atoms with van der Waals surface area (Å²) in [5.74, 6) is -1.65. The van der Waals surface area contributed by atoms with Gasteiger partial charge < -0.3 is 19.9 Å². The number of halogens is 3. The van der Waals surface area contributed by atoms with Gasteiger partial charge in [0.2, 0.25) is 0 Å². The Morgan fingerprint density at radius 1 is 1.12 bits per heavy atom. The van der Waals surface area contributed by atoms with Crippen molar-refractivity contribution in [1.29, 1.82) is 0 Å². The largest absolute Gasteiger partial charge is 0.573 e. The number of benzene rings is 2. The van der Waals surface area contributed by atoms with Crippen LogP contribution in [0, 0.1) is 0 Å². The Bertz CT molecular complexity index is 947. The molecule has 0 amide bonds. The molecule has 0 fully saturated rings. The van der Waals surface area contributed by atoms with Crippen molar-refractivity contribution in [1.82, 2.24) is 4.98 Å². The monoisotopic (exact) mass is 351 g/mol. The van der Waals surface area contributed by atoms with Crippen molar-refractivity contribution in [3.63, 3.8) is 0 Å². The molecule has 0 saturated carbocycles. The van der Waals surface area contributed by atoms with E-state index >= 15 is 0 Å². The first-order valence-electron chi connectivity index (χ1n) is 7.15.